The van der Waals surface area contributed by atoms with Crippen LogP contribution in [0.15, 0.2) is 89.8 Å². The fourth-order valence-electron chi connectivity index (χ4n) is 4.15. The maximum absolute atomic E-state index is 12.9. The average Bonchev–Trinajstić information content (AvgIpc) is 3.17. The van der Waals surface area contributed by atoms with Crippen molar-refractivity contribution >= 4 is 51.4 Å². The third-order valence-electron chi connectivity index (χ3n) is 6.24. The van der Waals surface area contributed by atoms with Gasteiger partial charge in [0.25, 0.3) is 11.1 Å². The number of nitrogens with one attached hydrogen (secondary N) is 1. The Labute approximate surface area is 225 Å². The molecule has 1 saturated heterocycles. The molecule has 1 N–H and O–H groups in total. The minimum atomic E-state index is -0.479. The van der Waals surface area contributed by atoms with E-state index < -0.39 is 17.1 Å². The van der Waals surface area contributed by atoms with Crippen molar-refractivity contribution in [2.45, 2.75) is 20.5 Å². The summed E-state index contributed by atoms with van der Waals surface area (Å²) in [6.45, 7) is 3.92. The zero-order valence-corrected chi connectivity index (χ0v) is 21.9. The first-order valence-electron chi connectivity index (χ1n) is 12.2. The maximum Gasteiger partial charge on any atom is 0.294 e. The molecule has 0 radical (unpaired) electrons. The van der Waals surface area contributed by atoms with Gasteiger partial charge in [-0.25, -0.2) is 0 Å². The van der Waals surface area contributed by atoms with E-state index >= 15 is 0 Å². The third kappa shape index (κ3) is 5.79. The lowest BCUT2D eigenvalue weighted by Gasteiger charge is -2.14. The number of amides is 3. The van der Waals surface area contributed by atoms with E-state index in [4.69, 9.17) is 4.74 Å². The summed E-state index contributed by atoms with van der Waals surface area (Å²) in [6.07, 6.45) is 1.65. The molecule has 1 fully saturated rings. The van der Waals surface area contributed by atoms with Gasteiger partial charge in [-0.05, 0) is 89.0 Å². The van der Waals surface area contributed by atoms with E-state index in [2.05, 4.69) is 35.6 Å². The average molecular weight is 523 g/mol. The second-order valence-electron chi connectivity index (χ2n) is 9.17. The zero-order valence-electron chi connectivity index (χ0n) is 21.1. The summed E-state index contributed by atoms with van der Waals surface area (Å²) < 4.78 is 5.93. The van der Waals surface area contributed by atoms with Crippen molar-refractivity contribution < 1.29 is 19.1 Å². The molecule has 0 bridgehead atoms. The monoisotopic (exact) mass is 522 g/mol. The number of rotatable bonds is 7. The number of imide groups is 1. The van der Waals surface area contributed by atoms with Gasteiger partial charge in [0.1, 0.15) is 18.9 Å². The van der Waals surface area contributed by atoms with Gasteiger partial charge in [-0.2, -0.15) is 0 Å². The molecule has 1 aliphatic heterocycles. The minimum absolute atomic E-state index is 0.277. The predicted octanol–water partition coefficient (Wildman–Crippen LogP) is 6.71. The number of aryl methyl sites for hydroxylation is 2. The Balaban J connectivity index is 1.19. The molecule has 38 heavy (non-hydrogen) atoms. The lowest BCUT2D eigenvalue weighted by Crippen LogP contribution is -2.36. The number of nitrogens with zero attached hydrogens (tertiary/aromatic N) is 1. The van der Waals surface area contributed by atoms with Gasteiger partial charge in [-0.1, -0.05) is 60.7 Å². The molecule has 0 atom stereocenters. The van der Waals surface area contributed by atoms with Gasteiger partial charge in [0.15, 0.2) is 0 Å². The first-order chi connectivity index (χ1) is 18.4. The first kappa shape index (κ1) is 25.3. The Morgan fingerprint density at radius 2 is 1.68 bits per heavy atom. The lowest BCUT2D eigenvalue weighted by atomic mass is 10.1. The SMILES string of the molecule is Cc1ccc(C)c(NC(=O)CN2C(=O)S/C(=C\c3ccc(OCc4ccc5ccccc5c4)cc3)C2=O)c1. The lowest BCUT2D eigenvalue weighted by molar-refractivity contribution is -0.127. The molecule has 4 aromatic rings. The molecule has 5 rings (SSSR count). The second-order valence-corrected chi connectivity index (χ2v) is 10.2. The Bertz CT molecular complexity index is 1580. The molecule has 4 aromatic carbocycles. The molecular weight excluding hydrogens is 496 g/mol. The summed E-state index contributed by atoms with van der Waals surface area (Å²) in [5.41, 5.74) is 4.41. The van der Waals surface area contributed by atoms with Crippen molar-refractivity contribution in [2.75, 3.05) is 11.9 Å². The molecule has 0 aromatic heterocycles. The second kappa shape index (κ2) is 10.9. The maximum atomic E-state index is 12.9. The van der Waals surface area contributed by atoms with E-state index in [-0.39, 0.29) is 11.4 Å². The van der Waals surface area contributed by atoms with E-state index in [1.54, 1.807) is 6.08 Å². The molecule has 0 saturated carbocycles. The van der Waals surface area contributed by atoms with Crippen LogP contribution in [0.3, 0.4) is 0 Å². The van der Waals surface area contributed by atoms with Crippen LogP contribution in [0.25, 0.3) is 16.8 Å². The number of anilines is 1. The molecule has 0 spiro atoms. The number of benzene rings is 4. The van der Waals surface area contributed by atoms with Crippen LogP contribution in [0.5, 0.6) is 5.75 Å². The van der Waals surface area contributed by atoms with Crippen LogP contribution >= 0.6 is 11.8 Å². The zero-order chi connectivity index (χ0) is 26.6. The standard InChI is InChI=1S/C31H26N2O4S/c1-20-7-8-21(2)27(15-20)32-29(34)18-33-30(35)28(38-31(33)36)17-22-10-13-26(14-11-22)37-19-23-9-12-24-5-3-4-6-25(24)16-23/h3-17H,18-19H2,1-2H3,(H,32,34)/b28-17-. The van der Waals surface area contributed by atoms with E-state index in [1.165, 1.54) is 10.8 Å². The third-order valence-corrected chi connectivity index (χ3v) is 7.15. The van der Waals surface area contributed by atoms with Crippen molar-refractivity contribution in [1.82, 2.24) is 4.90 Å². The van der Waals surface area contributed by atoms with Gasteiger partial charge < -0.3 is 10.1 Å². The number of carbonyl (C=O) groups excluding carboxylic acids is 3. The van der Waals surface area contributed by atoms with Crippen molar-refractivity contribution in [1.29, 1.82) is 0 Å². The highest BCUT2D eigenvalue weighted by Crippen LogP contribution is 2.32. The molecule has 0 unspecified atom stereocenters. The van der Waals surface area contributed by atoms with Gasteiger partial charge in [0.2, 0.25) is 5.91 Å². The van der Waals surface area contributed by atoms with Gasteiger partial charge in [-0.15, -0.1) is 0 Å². The fraction of sp³-hybridized carbons (Fsp3) is 0.129. The fourth-order valence-corrected chi connectivity index (χ4v) is 4.99. The van der Waals surface area contributed by atoms with Crippen LogP contribution in [0.2, 0.25) is 0 Å². The molecule has 0 aliphatic carbocycles. The van der Waals surface area contributed by atoms with Crippen LogP contribution in [0.4, 0.5) is 10.5 Å². The molecular formula is C31H26N2O4S. The van der Waals surface area contributed by atoms with Crippen LogP contribution < -0.4 is 10.1 Å². The number of ether oxygens (including phenoxy) is 1. The largest absolute Gasteiger partial charge is 0.489 e. The summed E-state index contributed by atoms with van der Waals surface area (Å²) in [5.74, 6) is -0.200. The Kier molecular flexibility index (Phi) is 7.29. The molecule has 3 amide bonds. The Morgan fingerprint density at radius 1 is 0.921 bits per heavy atom. The van der Waals surface area contributed by atoms with E-state index in [0.717, 1.165) is 38.9 Å². The van der Waals surface area contributed by atoms with Crippen LogP contribution in [0.1, 0.15) is 22.3 Å². The van der Waals surface area contributed by atoms with E-state index in [1.807, 2.05) is 68.4 Å². The van der Waals surface area contributed by atoms with Crippen molar-refractivity contribution in [2.24, 2.45) is 0 Å². The topological polar surface area (TPSA) is 75.7 Å². The van der Waals surface area contributed by atoms with Crippen LogP contribution in [-0.4, -0.2) is 28.5 Å². The molecule has 1 heterocycles. The summed E-state index contributed by atoms with van der Waals surface area (Å²) in [5, 5.41) is 4.68. The first-order valence-corrected chi connectivity index (χ1v) is 13.0. The smallest absolute Gasteiger partial charge is 0.294 e. The van der Waals surface area contributed by atoms with Gasteiger partial charge in [0, 0.05) is 5.69 Å². The van der Waals surface area contributed by atoms with Crippen molar-refractivity contribution in [3.63, 3.8) is 0 Å². The molecule has 1 aliphatic rings. The van der Waals surface area contributed by atoms with Gasteiger partial charge in [0.05, 0.1) is 4.91 Å². The Hall–Kier alpha value is -4.36. The summed E-state index contributed by atoms with van der Waals surface area (Å²) in [7, 11) is 0. The van der Waals surface area contributed by atoms with Gasteiger partial charge >= 0.3 is 0 Å². The van der Waals surface area contributed by atoms with Crippen molar-refractivity contribution in [3.05, 3.63) is 112 Å². The molecule has 6 nitrogen and oxygen atoms in total. The van der Waals surface area contributed by atoms with Gasteiger partial charge in [-0.3, -0.25) is 19.3 Å². The van der Waals surface area contributed by atoms with E-state index in [9.17, 15) is 14.4 Å². The number of hydrogen-bond acceptors (Lipinski definition) is 5. The summed E-state index contributed by atoms with van der Waals surface area (Å²) in [4.78, 5) is 39.1. The molecule has 7 heteroatoms. The van der Waals surface area contributed by atoms with Crippen LogP contribution in [-0.2, 0) is 16.2 Å². The highest BCUT2D eigenvalue weighted by Gasteiger charge is 2.36. The number of hydrogen-bond donors (Lipinski definition) is 1. The molecule has 190 valence electrons. The quantitative estimate of drug-likeness (QED) is 0.273. The van der Waals surface area contributed by atoms with Crippen molar-refractivity contribution in [3.8, 4) is 5.75 Å². The van der Waals surface area contributed by atoms with E-state index in [0.29, 0.717) is 18.0 Å². The number of fused-ring (bicyclic) bond motifs is 1. The number of carbonyl (C=O) groups is 3. The number of thioether (sulfide) groups is 1. The van der Waals surface area contributed by atoms with Crippen LogP contribution in [0, 0.1) is 13.8 Å². The summed E-state index contributed by atoms with van der Waals surface area (Å²) in [6, 6.07) is 27.5. The predicted molar refractivity (Wildman–Crippen MR) is 152 cm³/mol. The normalized spacial score (nSPS) is 14.4. The highest BCUT2D eigenvalue weighted by molar-refractivity contribution is 8.18. The minimum Gasteiger partial charge on any atom is -0.489 e. The Morgan fingerprint density at radius 3 is 2.47 bits per heavy atom. The summed E-state index contributed by atoms with van der Waals surface area (Å²) >= 11 is 0.830. The highest BCUT2D eigenvalue weighted by atomic mass is 32.2.